The van der Waals surface area contributed by atoms with Crippen LogP contribution < -0.4 is 15.8 Å². The predicted molar refractivity (Wildman–Crippen MR) is 167 cm³/mol. The van der Waals surface area contributed by atoms with Gasteiger partial charge in [0.2, 0.25) is 0 Å². The molecule has 3 nitrogen and oxygen atoms in total. The number of nitrogens with zero attached hydrogens (tertiary/aromatic N) is 2. The Kier molecular flexibility index (Phi) is 3.55. The summed E-state index contributed by atoms with van der Waals surface area (Å²) in [6, 6.07) is 36.0. The number of hydrogen-bond acceptors (Lipinski definition) is 2. The highest BCUT2D eigenvalue weighted by Gasteiger charge is 2.48. The molecule has 0 spiro atoms. The fourth-order valence-corrected chi connectivity index (χ4v) is 8.18. The van der Waals surface area contributed by atoms with Crippen LogP contribution in [0.2, 0.25) is 0 Å². The highest BCUT2D eigenvalue weighted by molar-refractivity contribution is 6.90. The van der Waals surface area contributed by atoms with Gasteiger partial charge in [0.05, 0.1) is 11.1 Å². The minimum Gasteiger partial charge on any atom is -0.441 e. The minimum atomic E-state index is -0.115. The van der Waals surface area contributed by atoms with Gasteiger partial charge >= 0.3 is 6.85 Å². The van der Waals surface area contributed by atoms with E-state index in [0.29, 0.717) is 0 Å². The van der Waals surface area contributed by atoms with E-state index in [-0.39, 0.29) is 12.3 Å². The van der Waals surface area contributed by atoms with E-state index in [1.54, 1.807) is 0 Å². The van der Waals surface area contributed by atoms with Gasteiger partial charge in [-0.1, -0.05) is 92.7 Å². The van der Waals surface area contributed by atoms with Crippen LogP contribution in [-0.2, 0) is 5.41 Å². The molecule has 4 heteroatoms. The summed E-state index contributed by atoms with van der Waals surface area (Å²) < 4.78 is 9.26. The number of aromatic nitrogens is 1. The predicted octanol–water partition coefficient (Wildman–Crippen LogP) is 7.91. The molecule has 0 aliphatic carbocycles. The largest absolute Gasteiger partial charge is 0.441 e. The van der Waals surface area contributed by atoms with E-state index in [1.807, 2.05) is 0 Å². The number of furan rings is 1. The Morgan fingerprint density at radius 1 is 0.725 bits per heavy atom. The summed E-state index contributed by atoms with van der Waals surface area (Å²) in [5.41, 5.74) is 16.3. The number of anilines is 3. The van der Waals surface area contributed by atoms with Gasteiger partial charge in [-0.25, -0.2) is 0 Å². The summed E-state index contributed by atoms with van der Waals surface area (Å²) in [7, 11) is 0. The van der Waals surface area contributed by atoms with Crippen molar-refractivity contribution in [2.75, 3.05) is 4.90 Å². The van der Waals surface area contributed by atoms with Gasteiger partial charge in [0.1, 0.15) is 5.58 Å². The van der Waals surface area contributed by atoms with E-state index in [0.717, 1.165) is 11.3 Å². The number of rotatable bonds is 0. The van der Waals surface area contributed by atoms with E-state index >= 15 is 0 Å². The highest BCUT2D eigenvalue weighted by Crippen LogP contribution is 2.54. The van der Waals surface area contributed by atoms with Crippen LogP contribution in [0.4, 0.5) is 17.1 Å². The standard InChI is InChI=1S/C36H25BN2O/c1-20-18-24-21-11-8-12-23-31-22-10-4-7-17-30(22)40-35(31)39(33(21)23)37-27-15-9-14-26-34(27)38(29(19-20)32(24)37)28-16-6-5-13-25(28)36(26,2)3/h4-19H,1-3H3. The van der Waals surface area contributed by atoms with Crippen LogP contribution >= 0.6 is 0 Å². The van der Waals surface area contributed by atoms with E-state index < -0.39 is 0 Å². The summed E-state index contributed by atoms with van der Waals surface area (Å²) in [5.74, 6) is 0. The molecule has 2 aromatic heterocycles. The van der Waals surface area contributed by atoms with E-state index in [1.165, 1.54) is 77.5 Å². The van der Waals surface area contributed by atoms with Gasteiger partial charge in [-0.2, -0.15) is 0 Å². The Hall–Kier alpha value is -4.70. The molecule has 0 amide bonds. The smallest absolute Gasteiger partial charge is 0.336 e. The maximum Gasteiger partial charge on any atom is 0.336 e. The molecule has 188 valence electrons. The zero-order valence-corrected chi connectivity index (χ0v) is 22.6. The van der Waals surface area contributed by atoms with E-state index in [4.69, 9.17) is 4.42 Å². The molecule has 5 aromatic carbocycles. The van der Waals surface area contributed by atoms with Crippen molar-refractivity contribution in [3.05, 3.63) is 114 Å². The zero-order chi connectivity index (χ0) is 26.5. The van der Waals surface area contributed by atoms with Crippen LogP contribution in [0, 0.1) is 6.92 Å². The first-order valence-electron chi connectivity index (χ1n) is 14.2. The molecule has 0 saturated heterocycles. The summed E-state index contributed by atoms with van der Waals surface area (Å²) in [4.78, 5) is 2.55. The molecule has 0 saturated carbocycles. The van der Waals surface area contributed by atoms with Gasteiger partial charge in [-0.3, -0.25) is 0 Å². The second-order valence-corrected chi connectivity index (χ2v) is 12.2. The third kappa shape index (κ3) is 2.21. The molecule has 7 aromatic rings. The minimum absolute atomic E-state index is 0.0216. The highest BCUT2D eigenvalue weighted by atomic mass is 16.3. The number of aryl methyl sites for hydroxylation is 1. The molecule has 0 atom stereocenters. The van der Waals surface area contributed by atoms with Gasteiger partial charge < -0.3 is 13.8 Å². The Labute approximate surface area is 232 Å². The van der Waals surface area contributed by atoms with Crippen LogP contribution in [0.25, 0.3) is 44.1 Å². The van der Waals surface area contributed by atoms with Crippen molar-refractivity contribution in [3.63, 3.8) is 0 Å². The lowest BCUT2D eigenvalue weighted by atomic mass is 9.44. The fraction of sp³-hybridized carbons (Fsp3) is 0.111. The van der Waals surface area contributed by atoms with Gasteiger partial charge in [0, 0.05) is 38.6 Å². The molecule has 3 aliphatic heterocycles. The molecule has 0 N–H and O–H groups in total. The lowest BCUT2D eigenvalue weighted by Crippen LogP contribution is -2.58. The number of benzene rings is 5. The lowest BCUT2D eigenvalue weighted by Gasteiger charge is -2.48. The number of fused-ring (bicyclic) bond motifs is 11. The van der Waals surface area contributed by atoms with Crippen LogP contribution in [0.5, 0.6) is 0 Å². The third-order valence-electron chi connectivity index (χ3n) is 9.78. The van der Waals surface area contributed by atoms with Crippen molar-refractivity contribution in [3.8, 4) is 11.1 Å². The summed E-state index contributed by atoms with van der Waals surface area (Å²) in [6.45, 7) is 7.00. The Bertz CT molecular complexity index is 2280. The number of hydrogen-bond donors (Lipinski definition) is 0. The van der Waals surface area contributed by atoms with Gasteiger partial charge in [0.15, 0.2) is 5.71 Å². The molecule has 10 rings (SSSR count). The molecule has 0 fully saturated rings. The molecule has 0 radical (unpaired) electrons. The Morgan fingerprint density at radius 3 is 2.42 bits per heavy atom. The maximum absolute atomic E-state index is 6.74. The van der Waals surface area contributed by atoms with Gasteiger partial charge in [0.25, 0.3) is 0 Å². The molecule has 40 heavy (non-hydrogen) atoms. The van der Waals surface area contributed by atoms with Crippen LogP contribution in [0.3, 0.4) is 0 Å². The molecular weight excluding hydrogens is 487 g/mol. The second kappa shape index (κ2) is 6.71. The van der Waals surface area contributed by atoms with Crippen molar-refractivity contribution in [2.24, 2.45) is 0 Å². The van der Waals surface area contributed by atoms with Crippen LogP contribution in [0.1, 0.15) is 30.5 Å². The normalized spacial score (nSPS) is 15.5. The molecular formula is C36H25BN2O. The first-order chi connectivity index (χ1) is 19.5. The maximum atomic E-state index is 6.74. The van der Waals surface area contributed by atoms with Gasteiger partial charge in [-0.15, -0.1) is 0 Å². The van der Waals surface area contributed by atoms with Crippen LogP contribution in [0.15, 0.2) is 101 Å². The van der Waals surface area contributed by atoms with Crippen molar-refractivity contribution < 1.29 is 4.42 Å². The lowest BCUT2D eigenvalue weighted by molar-refractivity contribution is 0.632. The quantitative estimate of drug-likeness (QED) is 0.193. The monoisotopic (exact) mass is 512 g/mol. The van der Waals surface area contributed by atoms with Crippen molar-refractivity contribution in [2.45, 2.75) is 26.2 Å². The Morgan fingerprint density at radius 2 is 1.50 bits per heavy atom. The van der Waals surface area contributed by atoms with Crippen molar-refractivity contribution >= 4 is 67.8 Å². The topological polar surface area (TPSA) is 21.3 Å². The molecule has 5 heterocycles. The summed E-state index contributed by atoms with van der Waals surface area (Å²) in [5, 5.41) is 3.67. The van der Waals surface area contributed by atoms with Crippen molar-refractivity contribution in [1.82, 2.24) is 4.48 Å². The molecule has 0 bridgehead atoms. The van der Waals surface area contributed by atoms with Gasteiger partial charge in [-0.05, 0) is 58.3 Å². The van der Waals surface area contributed by atoms with Crippen LogP contribution in [-0.4, -0.2) is 11.3 Å². The number of para-hydroxylation sites is 4. The average molecular weight is 512 g/mol. The molecule has 3 aliphatic rings. The first-order valence-corrected chi connectivity index (χ1v) is 14.2. The Balaban J connectivity index is 1.44. The second-order valence-electron chi connectivity index (χ2n) is 12.2. The zero-order valence-electron chi connectivity index (χ0n) is 22.6. The summed E-state index contributed by atoms with van der Waals surface area (Å²) >= 11 is 0. The van der Waals surface area contributed by atoms with E-state index in [2.05, 4.69) is 127 Å². The third-order valence-corrected chi connectivity index (χ3v) is 9.78. The van der Waals surface area contributed by atoms with E-state index in [9.17, 15) is 0 Å². The summed E-state index contributed by atoms with van der Waals surface area (Å²) in [6.07, 6.45) is 0. The van der Waals surface area contributed by atoms with Crippen molar-refractivity contribution in [1.29, 1.82) is 0 Å². The SMILES string of the molecule is Cc1cc2c3c(c1)N1c4ccccc4C(C)(C)c4cccc(c41)B3n1c3oc4ccccc4c3c3cccc-2c31. The fourth-order valence-electron chi connectivity index (χ4n) is 8.18. The molecule has 0 unspecified atom stereocenters. The first kappa shape index (κ1) is 21.2. The average Bonchev–Trinajstić information content (AvgIpc) is 3.50.